The highest BCUT2D eigenvalue weighted by molar-refractivity contribution is 6.15. The molecule has 2 aromatic heterocycles. The van der Waals surface area contributed by atoms with E-state index in [1.54, 1.807) is 18.3 Å². The number of hydrogen-bond donors (Lipinski definition) is 3. The molecule has 0 radical (unpaired) electrons. The Bertz CT molecular complexity index is 1520. The lowest BCUT2D eigenvalue weighted by Crippen LogP contribution is -2.14. The number of carbonyl (C=O) groups is 1. The van der Waals surface area contributed by atoms with Crippen molar-refractivity contribution in [1.82, 2.24) is 9.55 Å². The summed E-state index contributed by atoms with van der Waals surface area (Å²) in [5.74, 6) is -0.334. The Hall–Kier alpha value is -4.16. The smallest absolute Gasteiger partial charge is 0.248 e. The number of fused-ring (bicyclic) bond motifs is 3. The number of aromatic nitrogens is 2. The molecule has 0 fully saturated rings. The number of pyridine rings is 1. The van der Waals surface area contributed by atoms with Crippen molar-refractivity contribution in [2.45, 2.75) is 19.3 Å². The van der Waals surface area contributed by atoms with Gasteiger partial charge in [-0.25, -0.2) is 0 Å². The number of nitrogens with two attached hydrogens (primary N) is 1. The normalized spacial score (nSPS) is 11.3. The van der Waals surface area contributed by atoms with Gasteiger partial charge in [0.05, 0.1) is 17.2 Å². The Morgan fingerprint density at radius 2 is 1.76 bits per heavy atom. The van der Waals surface area contributed by atoms with Gasteiger partial charge in [0.1, 0.15) is 5.75 Å². The molecule has 0 saturated heterocycles. The highest BCUT2D eigenvalue weighted by Crippen LogP contribution is 2.39. The van der Waals surface area contributed by atoms with Crippen molar-refractivity contribution in [2.75, 3.05) is 6.61 Å². The molecular weight excluding hydrogens is 426 g/mol. The third-order valence-corrected chi connectivity index (χ3v) is 6.20. The lowest BCUT2D eigenvalue weighted by Gasteiger charge is -2.13. The Kier molecular flexibility index (Phi) is 5.74. The number of aromatic hydroxyl groups is 1. The van der Waals surface area contributed by atoms with Gasteiger partial charge < -0.3 is 20.5 Å². The van der Waals surface area contributed by atoms with Crippen LogP contribution in [-0.4, -0.2) is 32.3 Å². The molecule has 0 bridgehead atoms. The van der Waals surface area contributed by atoms with Gasteiger partial charge in [0.2, 0.25) is 5.91 Å². The number of amides is 1. The number of hydrogen-bond acceptors (Lipinski definition) is 4. The summed E-state index contributed by atoms with van der Waals surface area (Å²) in [6.07, 6.45) is 5.26. The minimum absolute atomic E-state index is 0.116. The maximum Gasteiger partial charge on any atom is 0.248 e. The molecule has 3 aromatic carbocycles. The number of benzene rings is 3. The topological polar surface area (TPSA) is 101 Å². The fourth-order valence-electron chi connectivity index (χ4n) is 4.71. The molecule has 1 amide bonds. The summed E-state index contributed by atoms with van der Waals surface area (Å²) in [7, 11) is 0. The van der Waals surface area contributed by atoms with Gasteiger partial charge in [0.15, 0.2) is 0 Å². The number of rotatable bonds is 7. The second-order valence-electron chi connectivity index (χ2n) is 8.37. The monoisotopic (exact) mass is 451 g/mol. The molecule has 34 heavy (non-hydrogen) atoms. The minimum atomic E-state index is -0.452. The zero-order chi connectivity index (χ0) is 23.7. The molecule has 0 aliphatic carbocycles. The summed E-state index contributed by atoms with van der Waals surface area (Å²) in [5.41, 5.74) is 11.8. The van der Waals surface area contributed by atoms with Crippen LogP contribution in [0.15, 0.2) is 79.1 Å². The fourth-order valence-corrected chi connectivity index (χ4v) is 4.71. The third kappa shape index (κ3) is 3.78. The molecule has 5 rings (SSSR count). The van der Waals surface area contributed by atoms with Gasteiger partial charge in [-0.2, -0.15) is 0 Å². The van der Waals surface area contributed by atoms with Gasteiger partial charge in [0, 0.05) is 40.4 Å². The van der Waals surface area contributed by atoms with Crippen LogP contribution in [0.5, 0.6) is 5.75 Å². The molecule has 0 saturated carbocycles. The molecular formula is C28H25N3O3. The molecule has 0 aliphatic heterocycles. The van der Waals surface area contributed by atoms with E-state index in [1.807, 2.05) is 36.4 Å². The molecule has 0 atom stereocenters. The van der Waals surface area contributed by atoms with E-state index in [0.29, 0.717) is 18.4 Å². The standard InChI is InChI=1S/C28H25N3O3/c29-28(34)23-12-11-20(14-18(23)6-3-4-13-32)31-25-9-2-1-7-24(25)27-22(8-5-10-26(27)31)19-15-21(33)17-30-16-19/h1-2,5,7-12,14-17,32-33H,3-4,6,13H2,(H2,29,34). The molecule has 170 valence electrons. The first-order valence-electron chi connectivity index (χ1n) is 11.3. The SMILES string of the molecule is NC(=O)c1ccc(-n2c3ccccc3c3c(-c4cncc(O)c4)cccc32)cc1CCCCO. The van der Waals surface area contributed by atoms with E-state index in [1.165, 1.54) is 6.20 Å². The zero-order valence-electron chi connectivity index (χ0n) is 18.6. The van der Waals surface area contributed by atoms with Crippen LogP contribution in [-0.2, 0) is 6.42 Å². The second-order valence-corrected chi connectivity index (χ2v) is 8.37. The number of aliphatic hydroxyl groups excluding tert-OH is 1. The number of para-hydroxylation sites is 1. The number of nitrogens with zero attached hydrogens (tertiary/aromatic N) is 2. The second kappa shape index (κ2) is 9.00. The van der Waals surface area contributed by atoms with Gasteiger partial charge in [-0.05, 0) is 66.8 Å². The van der Waals surface area contributed by atoms with Crippen molar-refractivity contribution < 1.29 is 15.0 Å². The lowest BCUT2D eigenvalue weighted by molar-refractivity contribution is 0.0999. The maximum absolute atomic E-state index is 12.0. The molecule has 4 N–H and O–H groups in total. The van der Waals surface area contributed by atoms with E-state index < -0.39 is 5.91 Å². The fraction of sp³-hybridized carbons (Fsp3) is 0.143. The first kappa shape index (κ1) is 21.7. The van der Waals surface area contributed by atoms with Crippen LogP contribution in [0.4, 0.5) is 0 Å². The molecule has 6 nitrogen and oxygen atoms in total. The Morgan fingerprint density at radius 1 is 0.941 bits per heavy atom. The highest BCUT2D eigenvalue weighted by atomic mass is 16.3. The minimum Gasteiger partial charge on any atom is -0.506 e. The van der Waals surface area contributed by atoms with E-state index in [-0.39, 0.29) is 12.4 Å². The van der Waals surface area contributed by atoms with Crippen molar-refractivity contribution >= 4 is 27.7 Å². The van der Waals surface area contributed by atoms with Crippen LogP contribution in [0.25, 0.3) is 38.6 Å². The zero-order valence-corrected chi connectivity index (χ0v) is 18.6. The summed E-state index contributed by atoms with van der Waals surface area (Å²) >= 11 is 0. The van der Waals surface area contributed by atoms with Crippen molar-refractivity contribution in [3.63, 3.8) is 0 Å². The summed E-state index contributed by atoms with van der Waals surface area (Å²) in [6.45, 7) is 0.116. The summed E-state index contributed by atoms with van der Waals surface area (Å²) in [6, 6.07) is 21.7. The first-order chi connectivity index (χ1) is 16.6. The van der Waals surface area contributed by atoms with Gasteiger partial charge in [-0.3, -0.25) is 9.78 Å². The molecule has 6 heteroatoms. The highest BCUT2D eigenvalue weighted by Gasteiger charge is 2.17. The van der Waals surface area contributed by atoms with Gasteiger partial charge in [0.25, 0.3) is 0 Å². The molecule has 0 spiro atoms. The molecule has 0 unspecified atom stereocenters. The predicted octanol–water partition coefficient (Wildman–Crippen LogP) is 4.97. The van der Waals surface area contributed by atoms with E-state index in [9.17, 15) is 15.0 Å². The summed E-state index contributed by atoms with van der Waals surface area (Å²) in [4.78, 5) is 16.2. The summed E-state index contributed by atoms with van der Waals surface area (Å²) < 4.78 is 2.19. The number of carbonyl (C=O) groups excluding carboxylic acids is 1. The third-order valence-electron chi connectivity index (χ3n) is 6.20. The van der Waals surface area contributed by atoms with Gasteiger partial charge >= 0.3 is 0 Å². The number of aliphatic hydroxyl groups is 1. The van der Waals surface area contributed by atoms with Crippen LogP contribution >= 0.6 is 0 Å². The molecule has 2 heterocycles. The Labute approximate surface area is 196 Å². The Morgan fingerprint density at radius 3 is 2.56 bits per heavy atom. The van der Waals surface area contributed by atoms with Crippen LogP contribution in [0, 0.1) is 0 Å². The van der Waals surface area contributed by atoms with Crippen molar-refractivity contribution in [2.24, 2.45) is 5.73 Å². The number of primary amides is 1. The molecule has 5 aromatic rings. The van der Waals surface area contributed by atoms with Crippen LogP contribution in [0.1, 0.15) is 28.8 Å². The van der Waals surface area contributed by atoms with E-state index in [4.69, 9.17) is 5.73 Å². The van der Waals surface area contributed by atoms with E-state index in [2.05, 4.69) is 27.8 Å². The van der Waals surface area contributed by atoms with Crippen LogP contribution in [0.2, 0.25) is 0 Å². The van der Waals surface area contributed by atoms with Gasteiger partial charge in [-0.15, -0.1) is 0 Å². The van der Waals surface area contributed by atoms with Crippen molar-refractivity contribution in [1.29, 1.82) is 0 Å². The average Bonchev–Trinajstić information content (AvgIpc) is 3.18. The largest absolute Gasteiger partial charge is 0.506 e. The van der Waals surface area contributed by atoms with Gasteiger partial charge in [-0.1, -0.05) is 30.3 Å². The lowest BCUT2D eigenvalue weighted by atomic mass is 10.00. The summed E-state index contributed by atoms with van der Waals surface area (Å²) in [5, 5.41) is 21.3. The number of unbranched alkanes of at least 4 members (excludes halogenated alkanes) is 1. The first-order valence-corrected chi connectivity index (χ1v) is 11.3. The maximum atomic E-state index is 12.0. The Balaban J connectivity index is 1.77. The predicted molar refractivity (Wildman–Crippen MR) is 134 cm³/mol. The van der Waals surface area contributed by atoms with Crippen LogP contribution < -0.4 is 5.73 Å². The quantitative estimate of drug-likeness (QED) is 0.304. The van der Waals surface area contributed by atoms with Crippen LogP contribution in [0.3, 0.4) is 0 Å². The van der Waals surface area contributed by atoms with Crippen molar-refractivity contribution in [3.05, 3.63) is 90.3 Å². The molecule has 0 aliphatic rings. The van der Waals surface area contributed by atoms with E-state index in [0.717, 1.165) is 50.6 Å². The average molecular weight is 452 g/mol. The van der Waals surface area contributed by atoms with E-state index >= 15 is 0 Å². The number of aryl methyl sites for hydroxylation is 1. The van der Waals surface area contributed by atoms with Crippen molar-refractivity contribution in [3.8, 4) is 22.6 Å².